The van der Waals surface area contributed by atoms with Crippen molar-refractivity contribution in [2.75, 3.05) is 38.8 Å². The normalized spacial score (nSPS) is 12.6. The number of methoxy groups -OCH3 is 2. The molecule has 1 unspecified atom stereocenters. The molecule has 0 aliphatic rings. The summed E-state index contributed by atoms with van der Waals surface area (Å²) < 4.78 is 10.6. The first kappa shape index (κ1) is 16.8. The van der Waals surface area contributed by atoms with Crippen LogP contribution >= 0.6 is 0 Å². The molecule has 0 saturated heterocycles. The van der Waals surface area contributed by atoms with Crippen LogP contribution in [0.4, 0.5) is 5.69 Å². The van der Waals surface area contributed by atoms with E-state index in [2.05, 4.69) is 18.7 Å². The lowest BCUT2D eigenvalue weighted by Gasteiger charge is -2.30. The number of hydrogen-bond acceptors (Lipinski definition) is 4. The third-order valence-electron chi connectivity index (χ3n) is 3.17. The number of ether oxygens (including phenoxy) is 2. The first-order chi connectivity index (χ1) is 9.51. The molecule has 0 radical (unpaired) electrons. The van der Waals surface area contributed by atoms with Crippen molar-refractivity contribution < 1.29 is 14.6 Å². The zero-order valence-corrected chi connectivity index (χ0v) is 13.2. The van der Waals surface area contributed by atoms with Gasteiger partial charge in [0.1, 0.15) is 5.75 Å². The van der Waals surface area contributed by atoms with Gasteiger partial charge in [0.2, 0.25) is 0 Å². The number of rotatable bonds is 8. The average molecular weight is 281 g/mol. The number of aliphatic hydroxyl groups is 1. The van der Waals surface area contributed by atoms with E-state index < -0.39 is 6.10 Å². The summed E-state index contributed by atoms with van der Waals surface area (Å²) in [4.78, 5) is 2.25. The highest BCUT2D eigenvalue weighted by Crippen LogP contribution is 2.34. The Balaban J connectivity index is 3.16. The van der Waals surface area contributed by atoms with Gasteiger partial charge in [0.25, 0.3) is 0 Å². The molecule has 4 heteroatoms. The van der Waals surface area contributed by atoms with Gasteiger partial charge in [-0.2, -0.15) is 0 Å². The lowest BCUT2D eigenvalue weighted by molar-refractivity contribution is 0.192. The lowest BCUT2D eigenvalue weighted by atomic mass is 10.0. The van der Waals surface area contributed by atoms with E-state index in [1.807, 2.05) is 18.2 Å². The Hall–Kier alpha value is -1.26. The Bertz CT molecular complexity index is 405. The third-order valence-corrected chi connectivity index (χ3v) is 3.17. The van der Waals surface area contributed by atoms with Crippen LogP contribution in [0.5, 0.6) is 5.75 Å². The Morgan fingerprint density at radius 2 is 1.90 bits per heavy atom. The van der Waals surface area contributed by atoms with Crippen LogP contribution in [-0.2, 0) is 4.74 Å². The monoisotopic (exact) mass is 281 g/mol. The van der Waals surface area contributed by atoms with Crippen LogP contribution in [0.2, 0.25) is 0 Å². The lowest BCUT2D eigenvalue weighted by Crippen LogP contribution is -2.32. The molecule has 1 aromatic rings. The topological polar surface area (TPSA) is 41.9 Å². The fourth-order valence-electron chi connectivity index (χ4n) is 2.36. The van der Waals surface area contributed by atoms with Crippen molar-refractivity contribution in [2.45, 2.75) is 26.9 Å². The van der Waals surface area contributed by atoms with Crippen molar-refractivity contribution in [3.05, 3.63) is 23.8 Å². The van der Waals surface area contributed by atoms with Crippen LogP contribution in [0.3, 0.4) is 0 Å². The van der Waals surface area contributed by atoms with E-state index in [4.69, 9.17) is 9.47 Å². The van der Waals surface area contributed by atoms with Gasteiger partial charge in [-0.05, 0) is 25.0 Å². The summed E-state index contributed by atoms with van der Waals surface area (Å²) in [5.74, 6) is 1.25. The van der Waals surface area contributed by atoms with E-state index in [1.165, 1.54) is 0 Å². The SMILES string of the molecule is COCCN(CC(C)C)c1cccc(OC)c1C(C)O. The van der Waals surface area contributed by atoms with Crippen molar-refractivity contribution in [2.24, 2.45) is 5.92 Å². The molecule has 0 fully saturated rings. The van der Waals surface area contributed by atoms with E-state index in [0.717, 1.165) is 30.1 Å². The van der Waals surface area contributed by atoms with Crippen LogP contribution in [0.15, 0.2) is 18.2 Å². The molecule has 0 aromatic heterocycles. The first-order valence-corrected chi connectivity index (χ1v) is 7.10. The van der Waals surface area contributed by atoms with E-state index in [0.29, 0.717) is 12.5 Å². The number of aliphatic hydroxyl groups excluding tert-OH is 1. The smallest absolute Gasteiger partial charge is 0.126 e. The molecule has 0 aliphatic heterocycles. The Kier molecular flexibility index (Phi) is 6.82. The summed E-state index contributed by atoms with van der Waals surface area (Å²) in [6.07, 6.45) is -0.571. The van der Waals surface area contributed by atoms with Gasteiger partial charge in [-0.25, -0.2) is 0 Å². The van der Waals surface area contributed by atoms with Gasteiger partial charge >= 0.3 is 0 Å². The van der Waals surface area contributed by atoms with Gasteiger partial charge in [-0.1, -0.05) is 19.9 Å². The highest BCUT2D eigenvalue weighted by molar-refractivity contribution is 5.60. The summed E-state index contributed by atoms with van der Waals surface area (Å²) in [5, 5.41) is 10.1. The molecule has 114 valence electrons. The minimum absolute atomic E-state index is 0.528. The second-order valence-electron chi connectivity index (χ2n) is 5.40. The second-order valence-corrected chi connectivity index (χ2v) is 5.40. The van der Waals surface area contributed by atoms with E-state index in [9.17, 15) is 5.11 Å². The average Bonchev–Trinajstić information content (AvgIpc) is 2.41. The number of benzene rings is 1. The second kappa shape index (κ2) is 8.12. The fourth-order valence-corrected chi connectivity index (χ4v) is 2.36. The van der Waals surface area contributed by atoms with Crippen LogP contribution in [0.1, 0.15) is 32.4 Å². The molecule has 0 spiro atoms. The molecule has 4 nitrogen and oxygen atoms in total. The molecule has 0 saturated carbocycles. The van der Waals surface area contributed by atoms with Crippen LogP contribution < -0.4 is 9.64 Å². The predicted octanol–water partition coefficient (Wildman–Crippen LogP) is 2.86. The van der Waals surface area contributed by atoms with Gasteiger partial charge < -0.3 is 19.5 Å². The number of nitrogens with zero attached hydrogens (tertiary/aromatic N) is 1. The van der Waals surface area contributed by atoms with E-state index >= 15 is 0 Å². The molecule has 1 atom stereocenters. The first-order valence-electron chi connectivity index (χ1n) is 7.10. The largest absolute Gasteiger partial charge is 0.496 e. The van der Waals surface area contributed by atoms with Crippen molar-refractivity contribution in [3.63, 3.8) is 0 Å². The predicted molar refractivity (Wildman–Crippen MR) is 82.6 cm³/mol. The summed E-state index contributed by atoms with van der Waals surface area (Å²) in [5.41, 5.74) is 1.86. The zero-order valence-electron chi connectivity index (χ0n) is 13.2. The maximum absolute atomic E-state index is 10.1. The van der Waals surface area contributed by atoms with E-state index in [1.54, 1.807) is 21.1 Å². The molecule has 0 amide bonds. The summed E-state index contributed by atoms with van der Waals surface area (Å²) in [7, 11) is 3.33. The third kappa shape index (κ3) is 4.39. The summed E-state index contributed by atoms with van der Waals surface area (Å²) >= 11 is 0. The van der Waals surface area contributed by atoms with Crippen LogP contribution in [0.25, 0.3) is 0 Å². The van der Waals surface area contributed by atoms with Crippen molar-refractivity contribution in [1.82, 2.24) is 0 Å². The minimum Gasteiger partial charge on any atom is -0.496 e. The Morgan fingerprint density at radius 3 is 2.40 bits per heavy atom. The number of hydrogen-bond donors (Lipinski definition) is 1. The molecule has 0 heterocycles. The van der Waals surface area contributed by atoms with Crippen molar-refractivity contribution in [1.29, 1.82) is 0 Å². The molecule has 0 bridgehead atoms. The number of anilines is 1. The standard InChI is InChI=1S/C16H27NO3/c1-12(2)11-17(9-10-19-4)14-7-6-8-15(20-5)16(14)13(3)18/h6-8,12-13,18H,9-11H2,1-5H3. The fraction of sp³-hybridized carbons (Fsp3) is 0.625. The van der Waals surface area contributed by atoms with Crippen LogP contribution in [-0.4, -0.2) is 39.0 Å². The van der Waals surface area contributed by atoms with Gasteiger partial charge in [-0.3, -0.25) is 0 Å². The molecule has 20 heavy (non-hydrogen) atoms. The molecular formula is C16H27NO3. The maximum atomic E-state index is 10.1. The molecule has 1 aromatic carbocycles. The van der Waals surface area contributed by atoms with E-state index in [-0.39, 0.29) is 0 Å². The Morgan fingerprint density at radius 1 is 1.20 bits per heavy atom. The van der Waals surface area contributed by atoms with Crippen molar-refractivity contribution >= 4 is 5.69 Å². The van der Waals surface area contributed by atoms with Gasteiger partial charge in [-0.15, -0.1) is 0 Å². The quantitative estimate of drug-likeness (QED) is 0.795. The molecule has 0 aliphatic carbocycles. The molecular weight excluding hydrogens is 254 g/mol. The zero-order chi connectivity index (χ0) is 15.1. The Labute approximate surface area is 122 Å². The highest BCUT2D eigenvalue weighted by Gasteiger charge is 2.19. The van der Waals surface area contributed by atoms with Gasteiger partial charge in [0.05, 0.1) is 19.8 Å². The molecule has 1 N–H and O–H groups in total. The summed E-state index contributed by atoms with van der Waals surface area (Å²) in [6.45, 7) is 8.50. The van der Waals surface area contributed by atoms with Crippen LogP contribution in [0, 0.1) is 5.92 Å². The molecule has 1 rings (SSSR count). The van der Waals surface area contributed by atoms with Gasteiger partial charge in [0, 0.05) is 31.5 Å². The summed E-state index contributed by atoms with van der Waals surface area (Å²) in [6, 6.07) is 5.87. The highest BCUT2D eigenvalue weighted by atomic mass is 16.5. The van der Waals surface area contributed by atoms with Gasteiger partial charge in [0.15, 0.2) is 0 Å². The minimum atomic E-state index is -0.571. The maximum Gasteiger partial charge on any atom is 0.126 e. The van der Waals surface area contributed by atoms with Crippen molar-refractivity contribution in [3.8, 4) is 5.75 Å².